The van der Waals surface area contributed by atoms with Crippen molar-refractivity contribution in [3.8, 4) is 0 Å². The zero-order chi connectivity index (χ0) is 20.8. The smallest absolute Gasteiger partial charge is 0.0840 e. The van der Waals surface area contributed by atoms with E-state index in [4.69, 9.17) is 16.2 Å². The lowest BCUT2D eigenvalue weighted by atomic mass is 9.81. The fourth-order valence-electron chi connectivity index (χ4n) is 6.18. The molecule has 0 saturated heterocycles. The molecule has 4 rings (SSSR count). The molecule has 0 spiro atoms. The molecule has 0 aliphatic heterocycles. The van der Waals surface area contributed by atoms with Crippen LogP contribution in [0.2, 0.25) is 0 Å². The average Bonchev–Trinajstić information content (AvgIpc) is 3.37. The minimum atomic E-state index is 0.133. The molecule has 2 aromatic carbocycles. The Kier molecular flexibility index (Phi) is 7.59. The van der Waals surface area contributed by atoms with Crippen molar-refractivity contribution in [2.24, 2.45) is 29.2 Å². The molecule has 2 saturated carbocycles. The van der Waals surface area contributed by atoms with Gasteiger partial charge in [-0.1, -0.05) is 60.7 Å². The number of rotatable bonds is 10. The van der Waals surface area contributed by atoms with Gasteiger partial charge in [0, 0.05) is 0 Å². The van der Waals surface area contributed by atoms with Crippen molar-refractivity contribution in [1.82, 2.24) is 0 Å². The second-order valence-corrected chi connectivity index (χ2v) is 9.31. The Balaban J connectivity index is 1.40. The molecule has 3 heteroatoms. The lowest BCUT2D eigenvalue weighted by Crippen LogP contribution is -2.24. The van der Waals surface area contributed by atoms with Gasteiger partial charge in [0.25, 0.3) is 0 Å². The van der Waals surface area contributed by atoms with E-state index in [0.717, 1.165) is 31.2 Å². The van der Waals surface area contributed by atoms with E-state index in [1.165, 1.54) is 43.2 Å². The molecule has 2 aromatic rings. The summed E-state index contributed by atoms with van der Waals surface area (Å²) >= 11 is 0. The van der Waals surface area contributed by atoms with E-state index in [9.17, 15) is 0 Å². The van der Waals surface area contributed by atoms with E-state index in [-0.39, 0.29) is 6.10 Å². The van der Waals surface area contributed by atoms with Crippen molar-refractivity contribution in [1.29, 1.82) is 0 Å². The van der Waals surface area contributed by atoms with E-state index >= 15 is 0 Å². The largest absolute Gasteiger partial charge is 0.370 e. The van der Waals surface area contributed by atoms with Crippen molar-refractivity contribution >= 4 is 0 Å². The third-order valence-corrected chi connectivity index (χ3v) is 7.60. The molecule has 0 radical (unpaired) electrons. The summed E-state index contributed by atoms with van der Waals surface area (Å²) in [6.45, 7) is 1.44. The van der Waals surface area contributed by atoms with E-state index in [1.807, 2.05) is 0 Å². The van der Waals surface area contributed by atoms with Gasteiger partial charge in [0.1, 0.15) is 0 Å². The Morgan fingerprint density at radius 3 is 2.03 bits per heavy atom. The number of nitrogens with two attached hydrogens (primary N) is 2. The van der Waals surface area contributed by atoms with Crippen LogP contribution in [-0.2, 0) is 4.74 Å². The first-order valence-electron chi connectivity index (χ1n) is 12.0. The maximum absolute atomic E-state index is 6.74. The lowest BCUT2D eigenvalue weighted by Gasteiger charge is -2.27. The van der Waals surface area contributed by atoms with Gasteiger partial charge in [-0.25, -0.2) is 0 Å². The molecule has 0 heterocycles. The highest BCUT2D eigenvalue weighted by molar-refractivity contribution is 5.20. The summed E-state index contributed by atoms with van der Waals surface area (Å²) in [5, 5.41) is 0. The summed E-state index contributed by atoms with van der Waals surface area (Å²) in [6.07, 6.45) is 8.96. The highest BCUT2D eigenvalue weighted by Crippen LogP contribution is 2.52. The first-order valence-corrected chi connectivity index (χ1v) is 12.0. The van der Waals surface area contributed by atoms with Gasteiger partial charge in [0.05, 0.1) is 12.2 Å². The van der Waals surface area contributed by atoms with Gasteiger partial charge in [0.2, 0.25) is 0 Å². The Hall–Kier alpha value is -1.68. The monoisotopic (exact) mass is 406 g/mol. The van der Waals surface area contributed by atoms with Gasteiger partial charge < -0.3 is 16.2 Å². The van der Waals surface area contributed by atoms with Crippen LogP contribution in [0.4, 0.5) is 0 Å². The molecule has 6 unspecified atom stereocenters. The quantitative estimate of drug-likeness (QED) is 0.554. The fraction of sp³-hybridized carbons (Fsp3) is 0.556. The molecule has 3 nitrogen and oxygen atoms in total. The standard InChI is InChI=1S/C27H38N2O/c28-17-15-22(20-7-3-1-4-8-20)19-23-11-12-25-24(23)13-14-27(25)30-26(16-18-29)21-9-5-2-6-10-21/h1-10,22-27H,11-19,28-29H2. The van der Waals surface area contributed by atoms with Crippen molar-refractivity contribution in [2.45, 2.75) is 63.1 Å². The van der Waals surface area contributed by atoms with E-state index < -0.39 is 0 Å². The number of hydrogen-bond donors (Lipinski definition) is 2. The molecule has 6 atom stereocenters. The third-order valence-electron chi connectivity index (χ3n) is 7.60. The maximum atomic E-state index is 6.74. The lowest BCUT2D eigenvalue weighted by molar-refractivity contribution is -0.0384. The Morgan fingerprint density at radius 2 is 1.37 bits per heavy atom. The highest BCUT2D eigenvalue weighted by Gasteiger charge is 2.46. The molecule has 2 aliphatic carbocycles. The van der Waals surface area contributed by atoms with Gasteiger partial charge in [-0.3, -0.25) is 0 Å². The first-order chi connectivity index (χ1) is 14.8. The third kappa shape index (κ3) is 4.96. The summed E-state index contributed by atoms with van der Waals surface area (Å²) in [4.78, 5) is 0. The first kappa shape index (κ1) is 21.5. The minimum absolute atomic E-state index is 0.133. The van der Waals surface area contributed by atoms with Gasteiger partial charge in [-0.05, 0) is 92.8 Å². The summed E-state index contributed by atoms with van der Waals surface area (Å²) < 4.78 is 6.74. The van der Waals surface area contributed by atoms with Gasteiger partial charge in [-0.2, -0.15) is 0 Å². The summed E-state index contributed by atoms with van der Waals surface area (Å²) in [6, 6.07) is 21.6. The van der Waals surface area contributed by atoms with Crippen LogP contribution >= 0.6 is 0 Å². The molecule has 0 aromatic heterocycles. The Bertz CT molecular complexity index is 684. The predicted molar refractivity (Wildman–Crippen MR) is 124 cm³/mol. The van der Waals surface area contributed by atoms with Crippen molar-refractivity contribution in [2.75, 3.05) is 13.1 Å². The second kappa shape index (κ2) is 10.6. The van der Waals surface area contributed by atoms with Crippen LogP contribution in [0, 0.1) is 17.8 Å². The van der Waals surface area contributed by atoms with Crippen LogP contribution < -0.4 is 11.5 Å². The zero-order valence-corrected chi connectivity index (χ0v) is 18.2. The SMILES string of the molecule is NCCC(CC1CCC2C(OC(CCN)c3ccccc3)CCC12)c1ccccc1. The highest BCUT2D eigenvalue weighted by atomic mass is 16.5. The zero-order valence-electron chi connectivity index (χ0n) is 18.2. The van der Waals surface area contributed by atoms with E-state index in [1.54, 1.807) is 0 Å². The van der Waals surface area contributed by atoms with Crippen molar-refractivity contribution in [3.05, 3.63) is 71.8 Å². The Morgan fingerprint density at radius 1 is 0.733 bits per heavy atom. The summed E-state index contributed by atoms with van der Waals surface area (Å²) in [5.41, 5.74) is 14.6. The molecule has 0 amide bonds. The summed E-state index contributed by atoms with van der Waals surface area (Å²) in [7, 11) is 0. The number of fused-ring (bicyclic) bond motifs is 1. The van der Waals surface area contributed by atoms with Crippen molar-refractivity contribution in [3.63, 3.8) is 0 Å². The number of hydrogen-bond acceptors (Lipinski definition) is 3. The Labute approximate surface area is 182 Å². The van der Waals surface area contributed by atoms with Crippen LogP contribution in [0.1, 0.15) is 68.1 Å². The fourth-order valence-corrected chi connectivity index (χ4v) is 6.18. The van der Waals surface area contributed by atoms with Crippen LogP contribution in [0.5, 0.6) is 0 Å². The molecule has 4 N–H and O–H groups in total. The van der Waals surface area contributed by atoms with E-state index in [0.29, 0.717) is 24.5 Å². The molecular weight excluding hydrogens is 368 g/mol. The molecule has 30 heavy (non-hydrogen) atoms. The molecular formula is C27H38N2O. The van der Waals surface area contributed by atoms with Crippen LogP contribution in [0.3, 0.4) is 0 Å². The normalized spacial score (nSPS) is 27.7. The van der Waals surface area contributed by atoms with Crippen molar-refractivity contribution < 1.29 is 4.74 Å². The molecule has 2 fully saturated rings. The number of ether oxygens (including phenoxy) is 1. The minimum Gasteiger partial charge on any atom is -0.370 e. The van der Waals surface area contributed by atoms with Gasteiger partial charge in [-0.15, -0.1) is 0 Å². The maximum Gasteiger partial charge on any atom is 0.0840 e. The summed E-state index contributed by atoms with van der Waals surface area (Å²) in [5.74, 6) is 2.93. The number of benzene rings is 2. The van der Waals surface area contributed by atoms with Gasteiger partial charge in [0.15, 0.2) is 0 Å². The molecule has 162 valence electrons. The topological polar surface area (TPSA) is 61.3 Å². The second-order valence-electron chi connectivity index (χ2n) is 9.31. The van der Waals surface area contributed by atoms with E-state index in [2.05, 4.69) is 60.7 Å². The molecule has 0 bridgehead atoms. The molecule has 2 aliphatic rings. The van der Waals surface area contributed by atoms with Crippen LogP contribution in [0.15, 0.2) is 60.7 Å². The predicted octanol–water partition coefficient (Wildman–Crippen LogP) is 5.42. The van der Waals surface area contributed by atoms with Crippen LogP contribution in [-0.4, -0.2) is 19.2 Å². The van der Waals surface area contributed by atoms with Crippen LogP contribution in [0.25, 0.3) is 0 Å². The van der Waals surface area contributed by atoms with Gasteiger partial charge >= 0.3 is 0 Å². The average molecular weight is 407 g/mol.